The molecule has 0 radical (unpaired) electrons. The molecule has 0 atom stereocenters. The highest BCUT2D eigenvalue weighted by Crippen LogP contribution is 2.54. The van der Waals surface area contributed by atoms with E-state index in [-0.39, 0.29) is 67.9 Å². The van der Waals surface area contributed by atoms with Crippen LogP contribution < -0.4 is 0 Å². The Balaban J connectivity index is 2.27. The molecule has 0 unspecified atom stereocenters. The molecule has 8 heteroatoms. The highest BCUT2D eigenvalue weighted by molar-refractivity contribution is 6.14. The maximum Gasteiger partial charge on any atom is 0.167 e. The molecule has 0 bridgehead atoms. The number of aromatic hydroxyl groups is 6. The molecule has 4 aromatic carbocycles. The predicted molar refractivity (Wildman–Crippen MR) is 150 cm³/mol. The van der Waals surface area contributed by atoms with E-state index in [1.165, 1.54) is 0 Å². The van der Waals surface area contributed by atoms with Crippen LogP contribution in [-0.4, -0.2) is 43.1 Å². The molecule has 0 aliphatic rings. The second-order valence-corrected chi connectivity index (χ2v) is 10.3. The molecule has 0 spiro atoms. The summed E-state index contributed by atoms with van der Waals surface area (Å²) in [5, 5.41) is 83.1. The maximum absolute atomic E-state index is 11.7. The molecule has 0 aliphatic heterocycles. The minimum atomic E-state index is -0.520. The third kappa shape index (κ3) is 3.51. The Kier molecular flexibility index (Phi) is 6.39. The Bertz CT molecular complexity index is 1560. The van der Waals surface area contributed by atoms with E-state index in [1.54, 1.807) is 26.0 Å². The number of benzene rings is 4. The van der Waals surface area contributed by atoms with Crippen LogP contribution in [0.4, 0.5) is 0 Å². The Hall–Kier alpha value is -4.46. The van der Waals surface area contributed by atoms with Crippen molar-refractivity contribution < 1.29 is 30.6 Å². The van der Waals surface area contributed by atoms with E-state index in [0.717, 1.165) is 12.4 Å². The highest BCUT2D eigenvalue weighted by atomic mass is 16.3. The van der Waals surface area contributed by atoms with E-state index >= 15 is 0 Å². The molecular formula is C30H32N2O6. The Labute approximate surface area is 220 Å². The number of hydrogen-bond acceptors (Lipinski definition) is 8. The summed E-state index contributed by atoms with van der Waals surface area (Å²) in [4.78, 5) is 0. The van der Waals surface area contributed by atoms with Gasteiger partial charge in [-0.2, -0.15) is 0 Å². The SMILES string of the molecule is Cc1cc2c(C(C)C)c(O)c(O)c(C=N)c2c(O)c1-c1c(C)cc2c(C(C)C)c(O)c(O)c(C=N)c2c1O. The second-order valence-electron chi connectivity index (χ2n) is 10.3. The molecule has 8 nitrogen and oxygen atoms in total. The van der Waals surface area contributed by atoms with Crippen molar-refractivity contribution in [2.45, 2.75) is 53.4 Å². The Morgan fingerprint density at radius 2 is 0.868 bits per heavy atom. The smallest absolute Gasteiger partial charge is 0.167 e. The van der Waals surface area contributed by atoms with Crippen molar-refractivity contribution in [3.8, 4) is 45.6 Å². The van der Waals surface area contributed by atoms with Gasteiger partial charge in [-0.15, -0.1) is 0 Å². The molecule has 38 heavy (non-hydrogen) atoms. The molecule has 0 saturated heterocycles. The van der Waals surface area contributed by atoms with Crippen LogP contribution in [0.5, 0.6) is 34.5 Å². The fraction of sp³-hybridized carbons (Fsp3) is 0.267. The van der Waals surface area contributed by atoms with Crippen LogP contribution in [0.15, 0.2) is 12.1 Å². The number of nitrogens with one attached hydrogen (secondary N) is 2. The van der Waals surface area contributed by atoms with E-state index in [4.69, 9.17) is 10.8 Å². The predicted octanol–water partition coefficient (Wildman–Crippen LogP) is 6.75. The lowest BCUT2D eigenvalue weighted by Crippen LogP contribution is -2.01. The molecule has 0 amide bonds. The fourth-order valence-electron chi connectivity index (χ4n) is 5.65. The summed E-state index contributed by atoms with van der Waals surface area (Å²) < 4.78 is 0. The summed E-state index contributed by atoms with van der Waals surface area (Å²) in [7, 11) is 0. The van der Waals surface area contributed by atoms with Gasteiger partial charge in [-0.05, 0) is 47.6 Å². The molecule has 4 aromatic rings. The van der Waals surface area contributed by atoms with Gasteiger partial charge < -0.3 is 41.5 Å². The van der Waals surface area contributed by atoms with Gasteiger partial charge in [-0.25, -0.2) is 0 Å². The van der Waals surface area contributed by atoms with Crippen LogP contribution in [0.3, 0.4) is 0 Å². The standard InChI is InChI=1S/C30H32N2O6/c1-11(2)19-15-7-13(5)21(27(35)23(15)17(9-31)25(33)29(19)37)22-14(6)8-16-20(12(3)4)30(38)26(34)18(10-32)24(16)28(22)36/h7-12,31-38H,1-6H3. The molecule has 0 heterocycles. The average Bonchev–Trinajstić information content (AvgIpc) is 2.83. The van der Waals surface area contributed by atoms with Crippen LogP contribution >= 0.6 is 0 Å². The third-order valence-electron chi connectivity index (χ3n) is 7.28. The Morgan fingerprint density at radius 3 is 1.13 bits per heavy atom. The van der Waals surface area contributed by atoms with Gasteiger partial charge in [0.1, 0.15) is 11.5 Å². The first kappa shape index (κ1) is 26.6. The van der Waals surface area contributed by atoms with E-state index in [0.29, 0.717) is 33.0 Å². The molecular weight excluding hydrogens is 484 g/mol. The third-order valence-corrected chi connectivity index (χ3v) is 7.28. The monoisotopic (exact) mass is 516 g/mol. The molecule has 4 rings (SSSR count). The average molecular weight is 517 g/mol. The quantitative estimate of drug-likeness (QED) is 0.108. The highest BCUT2D eigenvalue weighted by Gasteiger charge is 2.29. The van der Waals surface area contributed by atoms with Gasteiger partial charge in [0.2, 0.25) is 0 Å². The largest absolute Gasteiger partial charge is 0.507 e. The van der Waals surface area contributed by atoms with Crippen LogP contribution in [0.2, 0.25) is 0 Å². The number of rotatable bonds is 5. The summed E-state index contributed by atoms with van der Waals surface area (Å²) in [6.45, 7) is 10.8. The molecule has 0 aliphatic carbocycles. The minimum Gasteiger partial charge on any atom is -0.507 e. The van der Waals surface area contributed by atoms with Crippen molar-refractivity contribution >= 4 is 34.0 Å². The summed E-state index contributed by atoms with van der Waals surface area (Å²) in [5.74, 6) is -2.77. The Morgan fingerprint density at radius 1 is 0.553 bits per heavy atom. The lowest BCUT2D eigenvalue weighted by molar-refractivity contribution is 0.398. The van der Waals surface area contributed by atoms with E-state index < -0.39 is 11.5 Å². The van der Waals surface area contributed by atoms with Gasteiger partial charge in [-0.3, -0.25) is 0 Å². The van der Waals surface area contributed by atoms with Gasteiger partial charge in [0.15, 0.2) is 23.0 Å². The first-order chi connectivity index (χ1) is 17.8. The summed E-state index contributed by atoms with van der Waals surface area (Å²) >= 11 is 0. The number of phenols is 6. The summed E-state index contributed by atoms with van der Waals surface area (Å²) in [6, 6.07) is 3.47. The van der Waals surface area contributed by atoms with Gasteiger partial charge in [0, 0.05) is 56.6 Å². The van der Waals surface area contributed by atoms with Gasteiger partial charge in [0.05, 0.1) is 0 Å². The van der Waals surface area contributed by atoms with Crippen molar-refractivity contribution in [3.63, 3.8) is 0 Å². The van der Waals surface area contributed by atoms with Crippen molar-refractivity contribution in [2.24, 2.45) is 0 Å². The normalized spacial score (nSPS) is 11.7. The van der Waals surface area contributed by atoms with Crippen molar-refractivity contribution in [1.29, 1.82) is 10.8 Å². The zero-order valence-electron chi connectivity index (χ0n) is 22.1. The molecule has 0 saturated carbocycles. The summed E-state index contributed by atoms with van der Waals surface area (Å²) in [5.41, 5.74) is 2.30. The van der Waals surface area contributed by atoms with E-state index in [1.807, 2.05) is 27.7 Å². The van der Waals surface area contributed by atoms with Gasteiger partial charge >= 0.3 is 0 Å². The number of hydrogen-bond donors (Lipinski definition) is 8. The van der Waals surface area contributed by atoms with Crippen LogP contribution in [-0.2, 0) is 0 Å². The van der Waals surface area contributed by atoms with Crippen LogP contribution in [0.25, 0.3) is 32.7 Å². The topological polar surface area (TPSA) is 169 Å². The van der Waals surface area contributed by atoms with Crippen LogP contribution in [0, 0.1) is 24.7 Å². The van der Waals surface area contributed by atoms with Gasteiger partial charge in [0.25, 0.3) is 0 Å². The van der Waals surface area contributed by atoms with Crippen molar-refractivity contribution in [1.82, 2.24) is 0 Å². The van der Waals surface area contributed by atoms with Crippen molar-refractivity contribution in [2.75, 3.05) is 0 Å². The number of phenolic OH excluding ortho intramolecular Hbond substituents is 6. The molecule has 198 valence electrons. The summed E-state index contributed by atoms with van der Waals surface area (Å²) in [6.07, 6.45) is 1.71. The minimum absolute atomic E-state index is 0.0663. The number of aryl methyl sites for hydroxylation is 2. The molecule has 0 aromatic heterocycles. The zero-order valence-corrected chi connectivity index (χ0v) is 22.1. The lowest BCUT2D eigenvalue weighted by atomic mass is 9.83. The van der Waals surface area contributed by atoms with Crippen molar-refractivity contribution in [3.05, 3.63) is 45.5 Å². The fourth-order valence-corrected chi connectivity index (χ4v) is 5.65. The van der Waals surface area contributed by atoms with E-state index in [9.17, 15) is 30.6 Å². The molecule has 8 N–H and O–H groups in total. The zero-order chi connectivity index (χ0) is 28.4. The second kappa shape index (κ2) is 9.13. The van der Waals surface area contributed by atoms with E-state index in [2.05, 4.69) is 0 Å². The number of fused-ring (bicyclic) bond motifs is 2. The lowest BCUT2D eigenvalue weighted by Gasteiger charge is -2.23. The first-order valence-corrected chi connectivity index (χ1v) is 12.3. The van der Waals surface area contributed by atoms with Crippen LogP contribution in [0.1, 0.15) is 72.9 Å². The first-order valence-electron chi connectivity index (χ1n) is 12.3. The van der Waals surface area contributed by atoms with Gasteiger partial charge in [-0.1, -0.05) is 39.8 Å². The maximum atomic E-state index is 11.7. The molecule has 0 fully saturated rings.